The lowest BCUT2D eigenvalue weighted by atomic mass is 9.99. The van der Waals surface area contributed by atoms with Gasteiger partial charge in [0.05, 0.1) is 5.69 Å². The van der Waals surface area contributed by atoms with Crippen LogP contribution < -0.4 is 0 Å². The molecule has 2 aliphatic heterocycles. The van der Waals surface area contributed by atoms with Crippen LogP contribution in [0, 0.1) is 5.92 Å². The van der Waals surface area contributed by atoms with Crippen LogP contribution >= 0.6 is 0 Å². The minimum Gasteiger partial charge on any atom is -0.359 e. The monoisotopic (exact) mass is 430 g/mol. The van der Waals surface area contributed by atoms with E-state index in [1.165, 1.54) is 5.56 Å². The molecule has 5 rings (SSSR count). The number of benzene rings is 1. The van der Waals surface area contributed by atoms with Crippen molar-refractivity contribution in [2.45, 2.75) is 38.7 Å². The van der Waals surface area contributed by atoms with Crippen molar-refractivity contribution < 1.29 is 5.11 Å². The summed E-state index contributed by atoms with van der Waals surface area (Å²) in [7, 11) is 0. The molecule has 0 amide bonds. The van der Waals surface area contributed by atoms with Gasteiger partial charge < -0.3 is 5.11 Å². The van der Waals surface area contributed by atoms with E-state index in [0.29, 0.717) is 12.5 Å². The summed E-state index contributed by atoms with van der Waals surface area (Å²) in [4.78, 5) is 13.2. The average molecular weight is 431 g/mol. The first-order valence-electron chi connectivity index (χ1n) is 11.4. The van der Waals surface area contributed by atoms with E-state index >= 15 is 0 Å². The van der Waals surface area contributed by atoms with Gasteiger partial charge in [0.1, 0.15) is 0 Å². The van der Waals surface area contributed by atoms with Crippen molar-refractivity contribution in [3.05, 3.63) is 71.7 Å². The SMILES string of the molecule is OC(/N=C/C1CCCN(Cc2ccccc2)C1)N1CCc2[nH]nc(-c3ccncc3)c2C1. The highest BCUT2D eigenvalue weighted by molar-refractivity contribution is 5.64. The van der Waals surface area contributed by atoms with E-state index in [0.717, 1.165) is 68.0 Å². The van der Waals surface area contributed by atoms with Gasteiger partial charge in [-0.3, -0.25) is 24.9 Å². The predicted molar refractivity (Wildman–Crippen MR) is 125 cm³/mol. The molecule has 0 bridgehead atoms. The van der Waals surface area contributed by atoms with Gasteiger partial charge in [0.15, 0.2) is 0 Å². The second kappa shape index (κ2) is 9.73. The lowest BCUT2D eigenvalue weighted by Crippen LogP contribution is -2.39. The Kier molecular flexibility index (Phi) is 6.39. The largest absolute Gasteiger partial charge is 0.359 e. The van der Waals surface area contributed by atoms with Crippen molar-refractivity contribution in [1.29, 1.82) is 0 Å². The fourth-order valence-corrected chi connectivity index (χ4v) is 4.75. The highest BCUT2D eigenvalue weighted by atomic mass is 16.3. The molecule has 2 aromatic heterocycles. The molecule has 0 spiro atoms. The van der Waals surface area contributed by atoms with Crippen molar-refractivity contribution in [2.24, 2.45) is 10.9 Å². The molecule has 4 heterocycles. The Bertz CT molecular complexity index is 1040. The van der Waals surface area contributed by atoms with Crippen LogP contribution in [0.5, 0.6) is 0 Å². The second-order valence-corrected chi connectivity index (χ2v) is 8.75. The summed E-state index contributed by atoms with van der Waals surface area (Å²) in [5, 5.41) is 18.5. The topological polar surface area (TPSA) is 80.6 Å². The van der Waals surface area contributed by atoms with E-state index in [2.05, 4.69) is 55.4 Å². The Morgan fingerprint density at radius 2 is 2.00 bits per heavy atom. The molecule has 2 unspecified atom stereocenters. The van der Waals surface area contributed by atoms with Gasteiger partial charge in [-0.2, -0.15) is 5.10 Å². The maximum atomic E-state index is 10.8. The van der Waals surface area contributed by atoms with Crippen LogP contribution in [0.15, 0.2) is 59.9 Å². The average Bonchev–Trinajstić information content (AvgIpc) is 3.27. The first-order chi connectivity index (χ1) is 15.8. The Hall–Kier alpha value is -2.87. The van der Waals surface area contributed by atoms with Crippen molar-refractivity contribution in [1.82, 2.24) is 25.0 Å². The predicted octanol–water partition coefficient (Wildman–Crippen LogP) is 3.09. The molecule has 1 fully saturated rings. The number of aliphatic hydroxyl groups is 1. The number of piperidine rings is 1. The van der Waals surface area contributed by atoms with Gasteiger partial charge in [0.2, 0.25) is 6.35 Å². The summed E-state index contributed by atoms with van der Waals surface area (Å²) in [6.45, 7) is 4.47. The normalized spacial score (nSPS) is 21.0. The zero-order valence-corrected chi connectivity index (χ0v) is 18.3. The van der Waals surface area contributed by atoms with Crippen molar-refractivity contribution in [3.8, 4) is 11.3 Å². The molecular formula is C25H30N6O. The molecule has 2 atom stereocenters. The van der Waals surface area contributed by atoms with E-state index in [1.807, 2.05) is 23.2 Å². The number of aliphatic hydroxyl groups excluding tert-OH is 1. The Labute approximate surface area is 188 Å². The van der Waals surface area contributed by atoms with Crippen molar-refractivity contribution in [2.75, 3.05) is 19.6 Å². The number of H-pyrrole nitrogens is 1. The summed E-state index contributed by atoms with van der Waals surface area (Å²) in [6, 6.07) is 14.5. The minimum atomic E-state index is -0.826. The summed E-state index contributed by atoms with van der Waals surface area (Å²) in [5.74, 6) is 0.378. The first-order valence-corrected chi connectivity index (χ1v) is 11.4. The number of aromatic nitrogens is 3. The van der Waals surface area contributed by atoms with E-state index in [4.69, 9.17) is 0 Å². The number of aromatic amines is 1. The third-order valence-corrected chi connectivity index (χ3v) is 6.46. The maximum absolute atomic E-state index is 10.8. The summed E-state index contributed by atoms with van der Waals surface area (Å²) in [5.41, 5.74) is 5.61. The van der Waals surface area contributed by atoms with Crippen molar-refractivity contribution in [3.63, 3.8) is 0 Å². The molecular weight excluding hydrogens is 400 g/mol. The Morgan fingerprint density at radius 3 is 2.84 bits per heavy atom. The number of nitrogens with one attached hydrogen (secondary N) is 1. The fourth-order valence-electron chi connectivity index (χ4n) is 4.75. The van der Waals surface area contributed by atoms with Crippen LogP contribution in [0.4, 0.5) is 0 Å². The molecule has 32 heavy (non-hydrogen) atoms. The van der Waals surface area contributed by atoms with Crippen LogP contribution in [0.2, 0.25) is 0 Å². The third kappa shape index (κ3) is 4.80. The van der Waals surface area contributed by atoms with E-state index in [-0.39, 0.29) is 0 Å². The molecule has 7 nitrogen and oxygen atoms in total. The number of hydrogen-bond acceptors (Lipinski definition) is 6. The van der Waals surface area contributed by atoms with Gasteiger partial charge in [-0.25, -0.2) is 0 Å². The lowest BCUT2D eigenvalue weighted by Gasteiger charge is -2.32. The maximum Gasteiger partial charge on any atom is 0.204 e. The van der Waals surface area contributed by atoms with E-state index in [1.54, 1.807) is 12.4 Å². The van der Waals surface area contributed by atoms with Gasteiger partial charge in [-0.1, -0.05) is 30.3 Å². The minimum absolute atomic E-state index is 0.378. The summed E-state index contributed by atoms with van der Waals surface area (Å²) >= 11 is 0. The van der Waals surface area contributed by atoms with Crippen LogP contribution in [-0.2, 0) is 19.5 Å². The van der Waals surface area contributed by atoms with Crippen LogP contribution in [0.25, 0.3) is 11.3 Å². The molecule has 0 radical (unpaired) electrons. The van der Waals surface area contributed by atoms with Crippen LogP contribution in [0.3, 0.4) is 0 Å². The zero-order chi connectivity index (χ0) is 21.8. The van der Waals surface area contributed by atoms with E-state index < -0.39 is 6.35 Å². The Balaban J connectivity index is 1.20. The van der Waals surface area contributed by atoms with Gasteiger partial charge in [0, 0.05) is 73.9 Å². The van der Waals surface area contributed by atoms with Crippen LogP contribution in [-0.4, -0.2) is 62.3 Å². The lowest BCUT2D eigenvalue weighted by molar-refractivity contribution is 0.00159. The molecule has 166 valence electrons. The number of likely N-dealkylation sites (tertiary alicyclic amines) is 1. The first kappa shape index (κ1) is 21.0. The smallest absolute Gasteiger partial charge is 0.204 e. The summed E-state index contributed by atoms with van der Waals surface area (Å²) in [6.07, 6.45) is 7.83. The van der Waals surface area contributed by atoms with Crippen LogP contribution in [0.1, 0.15) is 29.7 Å². The number of hydrogen-bond donors (Lipinski definition) is 2. The number of pyridine rings is 1. The fraction of sp³-hybridized carbons (Fsp3) is 0.400. The van der Waals surface area contributed by atoms with Gasteiger partial charge in [0.25, 0.3) is 0 Å². The standard InChI is InChI=1S/C25H30N6O/c32-25(27-15-20-7-4-13-30(17-20)16-19-5-2-1-3-6-19)31-14-10-23-22(18-31)24(29-28-23)21-8-11-26-12-9-21/h1-3,5-6,8-9,11-12,15,20,25,32H,4,7,10,13-14,16-18H2,(H,28,29)/b27-15+. The number of fused-ring (bicyclic) bond motifs is 1. The highest BCUT2D eigenvalue weighted by Crippen LogP contribution is 2.28. The summed E-state index contributed by atoms with van der Waals surface area (Å²) < 4.78 is 0. The third-order valence-electron chi connectivity index (χ3n) is 6.46. The molecule has 0 aliphatic carbocycles. The molecule has 7 heteroatoms. The zero-order valence-electron chi connectivity index (χ0n) is 18.3. The molecule has 2 N–H and O–H groups in total. The molecule has 1 saturated heterocycles. The quantitative estimate of drug-likeness (QED) is 0.588. The highest BCUT2D eigenvalue weighted by Gasteiger charge is 2.26. The number of aliphatic imine (C=N–C) groups is 1. The molecule has 2 aliphatic rings. The van der Waals surface area contributed by atoms with Crippen molar-refractivity contribution >= 4 is 6.21 Å². The molecule has 1 aromatic carbocycles. The molecule has 3 aromatic rings. The number of nitrogens with zero attached hydrogens (tertiary/aromatic N) is 5. The van der Waals surface area contributed by atoms with Gasteiger partial charge in [-0.15, -0.1) is 0 Å². The van der Waals surface area contributed by atoms with E-state index in [9.17, 15) is 5.11 Å². The van der Waals surface area contributed by atoms with Gasteiger partial charge >= 0.3 is 0 Å². The van der Waals surface area contributed by atoms with Gasteiger partial charge in [-0.05, 0) is 37.1 Å². The Morgan fingerprint density at radius 1 is 1.16 bits per heavy atom. The number of rotatable bonds is 6. The second-order valence-electron chi connectivity index (χ2n) is 8.75. The molecule has 0 saturated carbocycles.